The number of alkyl halides is 3. The highest BCUT2D eigenvalue weighted by molar-refractivity contribution is 5.81. The van der Waals surface area contributed by atoms with Crippen LogP contribution in [0.4, 0.5) is 17.6 Å². The summed E-state index contributed by atoms with van der Waals surface area (Å²) in [5.41, 5.74) is 7.73. The fourth-order valence-electron chi connectivity index (χ4n) is 4.61. The number of aryl methyl sites for hydroxylation is 2. The molecule has 1 saturated carbocycles. The van der Waals surface area contributed by atoms with Gasteiger partial charge in [0, 0.05) is 18.8 Å². The van der Waals surface area contributed by atoms with Crippen molar-refractivity contribution in [3.05, 3.63) is 101 Å². The zero-order valence-corrected chi connectivity index (χ0v) is 20.0. The van der Waals surface area contributed by atoms with E-state index in [9.17, 15) is 22.4 Å². The van der Waals surface area contributed by atoms with E-state index in [0.717, 1.165) is 30.0 Å². The molecule has 190 valence electrons. The van der Waals surface area contributed by atoms with Crippen LogP contribution in [-0.2, 0) is 17.4 Å². The van der Waals surface area contributed by atoms with E-state index in [0.29, 0.717) is 36.4 Å². The van der Waals surface area contributed by atoms with Gasteiger partial charge in [0.15, 0.2) is 0 Å². The summed E-state index contributed by atoms with van der Waals surface area (Å²) in [5.74, 6) is -0.387. The molecule has 2 N–H and O–H groups in total. The summed E-state index contributed by atoms with van der Waals surface area (Å²) < 4.78 is 53.0. The molecule has 2 aromatic carbocycles. The number of carbonyl (C=O) groups excluding carboxylic acids is 1. The van der Waals surface area contributed by atoms with Crippen molar-refractivity contribution in [1.29, 1.82) is 0 Å². The van der Waals surface area contributed by atoms with Crippen molar-refractivity contribution in [2.24, 2.45) is 11.7 Å². The molecule has 0 radical (unpaired) electrons. The zero-order chi connectivity index (χ0) is 25.9. The number of rotatable bonds is 10. The fraction of sp³-hybridized carbons (Fsp3) is 0.357. The second-order valence-corrected chi connectivity index (χ2v) is 9.47. The Bertz CT molecular complexity index is 1180. The number of aromatic nitrogens is 1. The predicted molar refractivity (Wildman–Crippen MR) is 129 cm³/mol. The molecule has 4 rings (SSSR count). The van der Waals surface area contributed by atoms with Crippen molar-refractivity contribution in [3.63, 3.8) is 0 Å². The third-order valence-corrected chi connectivity index (χ3v) is 6.67. The maximum atomic E-state index is 14.1. The first-order chi connectivity index (χ1) is 17.1. The van der Waals surface area contributed by atoms with E-state index < -0.39 is 23.8 Å². The molecule has 3 aromatic rings. The second-order valence-electron chi connectivity index (χ2n) is 9.47. The Morgan fingerprint density at radius 2 is 1.81 bits per heavy atom. The summed E-state index contributed by atoms with van der Waals surface area (Å²) in [6, 6.07) is 15.6. The molecule has 0 saturated heterocycles. The average molecular weight is 500 g/mol. The number of hydrogen-bond donors (Lipinski definition) is 1. The van der Waals surface area contributed by atoms with Crippen molar-refractivity contribution < 1.29 is 22.4 Å². The largest absolute Gasteiger partial charge is 0.433 e. The molecule has 4 nitrogen and oxygen atoms in total. The van der Waals surface area contributed by atoms with E-state index in [1.54, 1.807) is 19.1 Å². The minimum absolute atomic E-state index is 0.315. The van der Waals surface area contributed by atoms with Crippen LogP contribution in [0.5, 0.6) is 0 Å². The van der Waals surface area contributed by atoms with E-state index >= 15 is 0 Å². The van der Waals surface area contributed by atoms with Crippen LogP contribution in [0.1, 0.15) is 59.3 Å². The predicted octanol–water partition coefficient (Wildman–Crippen LogP) is 6.16. The molecule has 0 aliphatic heterocycles. The van der Waals surface area contributed by atoms with Crippen molar-refractivity contribution in [1.82, 2.24) is 9.88 Å². The molecule has 1 fully saturated rings. The summed E-state index contributed by atoms with van der Waals surface area (Å²) in [7, 11) is 0. The second kappa shape index (κ2) is 10.8. The Morgan fingerprint density at radius 3 is 2.36 bits per heavy atom. The van der Waals surface area contributed by atoms with Crippen molar-refractivity contribution in [2.75, 3.05) is 6.54 Å². The van der Waals surface area contributed by atoms with Crippen LogP contribution in [0.15, 0.2) is 66.9 Å². The number of hydrogen-bond acceptors (Lipinski definition) is 3. The molecule has 1 amide bonds. The standard InChI is InChI=1S/C28H29F4N3O/c1-18-15-22(11-12-23(18)29)24(13-9-19-10-14-25(34-16-19)28(30,31)32)35(17-20-7-8-20)26(27(33)36)21-5-3-2-4-6-21/h2-6,10-12,14-16,20,24,26H,7-9,13,17H2,1H3,(H2,33,36). The van der Waals surface area contributed by atoms with Gasteiger partial charge in [-0.25, -0.2) is 4.39 Å². The van der Waals surface area contributed by atoms with Crippen molar-refractivity contribution in [3.8, 4) is 0 Å². The van der Waals surface area contributed by atoms with Crippen LogP contribution in [0, 0.1) is 18.7 Å². The van der Waals surface area contributed by atoms with Crippen molar-refractivity contribution >= 4 is 5.91 Å². The Labute approximate surface area is 208 Å². The van der Waals surface area contributed by atoms with Gasteiger partial charge >= 0.3 is 6.18 Å². The Hall–Kier alpha value is -3.26. The van der Waals surface area contributed by atoms with Gasteiger partial charge < -0.3 is 5.73 Å². The lowest BCUT2D eigenvalue weighted by Gasteiger charge is -2.38. The molecular formula is C28H29F4N3O. The lowest BCUT2D eigenvalue weighted by molar-refractivity contribution is -0.141. The quantitative estimate of drug-likeness (QED) is 0.340. The van der Waals surface area contributed by atoms with Crippen LogP contribution >= 0.6 is 0 Å². The van der Waals surface area contributed by atoms with Crippen LogP contribution in [0.25, 0.3) is 0 Å². The van der Waals surface area contributed by atoms with Gasteiger partial charge in [-0.2, -0.15) is 13.2 Å². The first-order valence-corrected chi connectivity index (χ1v) is 12.0. The summed E-state index contributed by atoms with van der Waals surface area (Å²) >= 11 is 0. The average Bonchev–Trinajstić information content (AvgIpc) is 3.66. The number of carbonyl (C=O) groups is 1. The van der Waals surface area contributed by atoms with Gasteiger partial charge in [0.2, 0.25) is 5.91 Å². The molecule has 8 heteroatoms. The SMILES string of the molecule is Cc1cc(C(CCc2ccc(C(F)(F)F)nc2)N(CC2CC2)C(C(N)=O)c2ccccc2)ccc1F. The number of primary amides is 1. The Kier molecular flexibility index (Phi) is 7.73. The minimum Gasteiger partial charge on any atom is -0.368 e. The van der Waals surface area contributed by atoms with Gasteiger partial charge in [-0.05, 0) is 72.9 Å². The third kappa shape index (κ3) is 6.29. The van der Waals surface area contributed by atoms with Crippen LogP contribution in [-0.4, -0.2) is 22.3 Å². The lowest BCUT2D eigenvalue weighted by Crippen LogP contribution is -2.41. The van der Waals surface area contributed by atoms with Crippen molar-refractivity contribution in [2.45, 2.75) is 50.9 Å². The van der Waals surface area contributed by atoms with E-state index in [1.807, 2.05) is 30.3 Å². The van der Waals surface area contributed by atoms with Gasteiger partial charge in [-0.15, -0.1) is 0 Å². The lowest BCUT2D eigenvalue weighted by atomic mass is 9.93. The van der Waals surface area contributed by atoms with Gasteiger partial charge in [0.1, 0.15) is 17.6 Å². The highest BCUT2D eigenvalue weighted by Crippen LogP contribution is 2.40. The topological polar surface area (TPSA) is 59.2 Å². The van der Waals surface area contributed by atoms with E-state index in [4.69, 9.17) is 5.73 Å². The zero-order valence-electron chi connectivity index (χ0n) is 20.0. The molecule has 2 unspecified atom stereocenters. The summed E-state index contributed by atoms with van der Waals surface area (Å²) in [4.78, 5) is 18.5. The molecule has 1 heterocycles. The van der Waals surface area contributed by atoms with Crippen LogP contribution < -0.4 is 5.73 Å². The fourth-order valence-corrected chi connectivity index (χ4v) is 4.61. The molecule has 0 spiro atoms. The third-order valence-electron chi connectivity index (χ3n) is 6.67. The Morgan fingerprint density at radius 1 is 1.08 bits per heavy atom. The van der Waals surface area contributed by atoms with E-state index in [-0.39, 0.29) is 11.9 Å². The van der Waals surface area contributed by atoms with Crippen LogP contribution in [0.3, 0.4) is 0 Å². The number of nitrogens with zero attached hydrogens (tertiary/aromatic N) is 2. The number of nitrogens with two attached hydrogens (primary N) is 1. The van der Waals surface area contributed by atoms with Gasteiger partial charge in [-0.3, -0.25) is 14.7 Å². The number of benzene rings is 2. The summed E-state index contributed by atoms with van der Waals surface area (Å²) in [6.45, 7) is 2.32. The summed E-state index contributed by atoms with van der Waals surface area (Å²) in [5, 5.41) is 0. The first-order valence-electron chi connectivity index (χ1n) is 12.0. The maximum absolute atomic E-state index is 14.1. The normalized spacial score (nSPS) is 15.6. The molecule has 1 aliphatic carbocycles. The summed E-state index contributed by atoms with van der Waals surface area (Å²) in [6.07, 6.45) is -0.249. The molecule has 1 aromatic heterocycles. The molecule has 36 heavy (non-hydrogen) atoms. The minimum atomic E-state index is -4.50. The molecule has 0 bridgehead atoms. The van der Waals surface area contributed by atoms with E-state index in [1.165, 1.54) is 18.3 Å². The van der Waals surface area contributed by atoms with Gasteiger partial charge in [0.25, 0.3) is 0 Å². The number of pyridine rings is 1. The van der Waals surface area contributed by atoms with E-state index in [2.05, 4.69) is 9.88 Å². The number of amides is 1. The monoisotopic (exact) mass is 499 g/mol. The smallest absolute Gasteiger partial charge is 0.368 e. The van der Waals surface area contributed by atoms with Gasteiger partial charge in [-0.1, -0.05) is 48.5 Å². The van der Waals surface area contributed by atoms with Gasteiger partial charge in [0.05, 0.1) is 0 Å². The highest BCUT2D eigenvalue weighted by atomic mass is 19.4. The Balaban J connectivity index is 1.70. The molecular weight excluding hydrogens is 470 g/mol. The number of halogens is 4. The first kappa shape index (κ1) is 25.8. The maximum Gasteiger partial charge on any atom is 0.433 e. The highest BCUT2D eigenvalue weighted by Gasteiger charge is 2.37. The molecule has 2 atom stereocenters. The molecule has 1 aliphatic rings. The van der Waals surface area contributed by atoms with Crippen LogP contribution in [0.2, 0.25) is 0 Å².